The quantitative estimate of drug-likeness (QED) is 0.855. The van der Waals surface area contributed by atoms with Gasteiger partial charge in [-0.25, -0.2) is 8.42 Å². The van der Waals surface area contributed by atoms with Crippen molar-refractivity contribution in [1.29, 1.82) is 0 Å². The van der Waals surface area contributed by atoms with E-state index in [1.165, 1.54) is 16.1 Å². The number of carbonyl (C=O) groups is 1. The second-order valence-corrected chi connectivity index (χ2v) is 8.83. The summed E-state index contributed by atoms with van der Waals surface area (Å²) in [6.45, 7) is 5.22. The Labute approximate surface area is 145 Å². The van der Waals surface area contributed by atoms with Crippen LogP contribution in [0.5, 0.6) is 0 Å². The summed E-state index contributed by atoms with van der Waals surface area (Å²) >= 11 is 0. The summed E-state index contributed by atoms with van der Waals surface area (Å²) in [4.78, 5) is 12.6. The van der Waals surface area contributed by atoms with Crippen LogP contribution in [0, 0.1) is 5.92 Å². The van der Waals surface area contributed by atoms with Gasteiger partial charge >= 0.3 is 0 Å². The van der Waals surface area contributed by atoms with Crippen molar-refractivity contribution in [3.63, 3.8) is 0 Å². The molecule has 6 heteroatoms. The predicted molar refractivity (Wildman–Crippen MR) is 96.2 cm³/mol. The lowest BCUT2D eigenvalue weighted by Crippen LogP contribution is -2.52. The molecule has 0 radical (unpaired) electrons. The first kappa shape index (κ1) is 18.9. The van der Waals surface area contributed by atoms with Gasteiger partial charge in [0.25, 0.3) is 0 Å². The van der Waals surface area contributed by atoms with Crippen LogP contribution in [-0.2, 0) is 14.8 Å². The molecule has 1 aromatic rings. The standard InChI is InChI=1S/C18H28N2O3S/c1-14(2)16(15-9-5-4-6-10-15)13-19-18(21)17-11-7-8-12-20(17)24(3,22)23/h4-6,9-10,14,16-17H,7-8,11-13H2,1-3H3,(H,19,21). The van der Waals surface area contributed by atoms with E-state index in [0.717, 1.165) is 12.8 Å². The fourth-order valence-corrected chi connectivity index (χ4v) is 4.46. The van der Waals surface area contributed by atoms with Gasteiger partial charge in [0, 0.05) is 19.0 Å². The summed E-state index contributed by atoms with van der Waals surface area (Å²) in [7, 11) is -3.35. The van der Waals surface area contributed by atoms with Crippen molar-refractivity contribution in [2.45, 2.75) is 45.1 Å². The first-order chi connectivity index (χ1) is 11.3. The molecule has 0 spiro atoms. The second kappa shape index (κ2) is 8.12. The largest absolute Gasteiger partial charge is 0.354 e. The molecular formula is C18H28N2O3S. The summed E-state index contributed by atoms with van der Waals surface area (Å²) in [5.41, 5.74) is 1.19. The van der Waals surface area contributed by atoms with Gasteiger partial charge in [0.1, 0.15) is 6.04 Å². The normalized spacial score (nSPS) is 20.8. The van der Waals surface area contributed by atoms with Gasteiger partial charge in [-0.3, -0.25) is 4.79 Å². The number of hydrogen-bond acceptors (Lipinski definition) is 3. The van der Waals surface area contributed by atoms with Crippen molar-refractivity contribution in [3.8, 4) is 0 Å². The zero-order chi connectivity index (χ0) is 17.7. The summed E-state index contributed by atoms with van der Waals surface area (Å²) in [5.74, 6) is 0.414. The minimum atomic E-state index is -3.35. The maximum absolute atomic E-state index is 12.6. The highest BCUT2D eigenvalue weighted by Crippen LogP contribution is 2.24. The Hall–Kier alpha value is -1.40. The first-order valence-electron chi connectivity index (χ1n) is 8.60. The molecule has 1 fully saturated rings. The fraction of sp³-hybridized carbons (Fsp3) is 0.611. The Kier molecular flexibility index (Phi) is 6.40. The van der Waals surface area contributed by atoms with Gasteiger partial charge in [0.15, 0.2) is 0 Å². The summed E-state index contributed by atoms with van der Waals surface area (Å²) < 4.78 is 25.2. The first-order valence-corrected chi connectivity index (χ1v) is 10.4. The Morgan fingerprint density at radius 2 is 1.92 bits per heavy atom. The molecule has 5 nitrogen and oxygen atoms in total. The minimum absolute atomic E-state index is 0.179. The van der Waals surface area contributed by atoms with Crippen LogP contribution in [0.1, 0.15) is 44.6 Å². The Morgan fingerprint density at radius 3 is 2.50 bits per heavy atom. The molecule has 134 valence electrons. The summed E-state index contributed by atoms with van der Waals surface area (Å²) in [5, 5.41) is 2.99. The third-order valence-electron chi connectivity index (χ3n) is 4.71. The molecule has 0 aliphatic carbocycles. The molecule has 0 aromatic heterocycles. The van der Waals surface area contributed by atoms with Crippen LogP contribution < -0.4 is 5.32 Å². The van der Waals surface area contributed by atoms with Crippen molar-refractivity contribution < 1.29 is 13.2 Å². The van der Waals surface area contributed by atoms with Gasteiger partial charge in [0.2, 0.25) is 15.9 Å². The zero-order valence-corrected chi connectivity index (χ0v) is 15.6. The van der Waals surface area contributed by atoms with Crippen LogP contribution in [0.2, 0.25) is 0 Å². The lowest BCUT2D eigenvalue weighted by molar-refractivity contribution is -0.125. The van der Waals surface area contributed by atoms with E-state index >= 15 is 0 Å². The average Bonchev–Trinajstić information content (AvgIpc) is 2.54. The van der Waals surface area contributed by atoms with Crippen LogP contribution in [-0.4, -0.2) is 44.0 Å². The van der Waals surface area contributed by atoms with E-state index in [4.69, 9.17) is 0 Å². The Bertz CT molecular complexity index is 643. The fourth-order valence-electron chi connectivity index (χ4n) is 3.33. The number of nitrogens with one attached hydrogen (secondary N) is 1. The van der Waals surface area contributed by atoms with Crippen LogP contribution >= 0.6 is 0 Å². The van der Waals surface area contributed by atoms with E-state index in [-0.39, 0.29) is 11.8 Å². The lowest BCUT2D eigenvalue weighted by atomic mass is 9.88. The van der Waals surface area contributed by atoms with Crippen LogP contribution in [0.3, 0.4) is 0 Å². The van der Waals surface area contributed by atoms with Gasteiger partial charge in [-0.1, -0.05) is 50.6 Å². The van der Waals surface area contributed by atoms with E-state index < -0.39 is 16.1 Å². The Morgan fingerprint density at radius 1 is 1.25 bits per heavy atom. The van der Waals surface area contributed by atoms with Crippen molar-refractivity contribution in [1.82, 2.24) is 9.62 Å². The number of piperidine rings is 1. The molecule has 1 N–H and O–H groups in total. The van der Waals surface area contributed by atoms with Gasteiger partial charge in [-0.2, -0.15) is 4.31 Å². The number of hydrogen-bond donors (Lipinski definition) is 1. The average molecular weight is 353 g/mol. The number of amides is 1. The molecular weight excluding hydrogens is 324 g/mol. The molecule has 1 aliphatic heterocycles. The molecule has 1 aromatic carbocycles. The number of nitrogens with zero attached hydrogens (tertiary/aromatic N) is 1. The van der Waals surface area contributed by atoms with Crippen molar-refractivity contribution in [3.05, 3.63) is 35.9 Å². The lowest BCUT2D eigenvalue weighted by Gasteiger charge is -2.33. The number of benzene rings is 1. The zero-order valence-electron chi connectivity index (χ0n) is 14.7. The highest BCUT2D eigenvalue weighted by atomic mass is 32.2. The van der Waals surface area contributed by atoms with E-state index in [9.17, 15) is 13.2 Å². The Balaban J connectivity index is 2.05. The topological polar surface area (TPSA) is 66.5 Å². The van der Waals surface area contributed by atoms with Gasteiger partial charge in [0.05, 0.1) is 6.26 Å². The predicted octanol–water partition coefficient (Wildman–Crippen LogP) is 2.36. The van der Waals surface area contributed by atoms with E-state index in [1.807, 2.05) is 18.2 Å². The molecule has 1 aliphatic rings. The molecule has 24 heavy (non-hydrogen) atoms. The highest BCUT2D eigenvalue weighted by molar-refractivity contribution is 7.88. The van der Waals surface area contributed by atoms with E-state index in [0.29, 0.717) is 25.4 Å². The second-order valence-electron chi connectivity index (χ2n) is 6.89. The highest BCUT2D eigenvalue weighted by Gasteiger charge is 2.34. The maximum Gasteiger partial charge on any atom is 0.238 e. The van der Waals surface area contributed by atoms with Gasteiger partial charge in [-0.15, -0.1) is 0 Å². The van der Waals surface area contributed by atoms with Crippen molar-refractivity contribution in [2.24, 2.45) is 5.92 Å². The van der Waals surface area contributed by atoms with Crippen molar-refractivity contribution in [2.75, 3.05) is 19.3 Å². The molecule has 0 bridgehead atoms. The molecule has 2 unspecified atom stereocenters. The number of carbonyl (C=O) groups excluding carboxylic acids is 1. The smallest absolute Gasteiger partial charge is 0.238 e. The van der Waals surface area contributed by atoms with Crippen molar-refractivity contribution >= 4 is 15.9 Å². The molecule has 1 heterocycles. The molecule has 0 saturated carbocycles. The monoisotopic (exact) mass is 352 g/mol. The summed E-state index contributed by atoms with van der Waals surface area (Å²) in [6.07, 6.45) is 3.47. The maximum atomic E-state index is 12.6. The van der Waals surface area contributed by atoms with Crippen LogP contribution in [0.4, 0.5) is 0 Å². The number of rotatable bonds is 6. The van der Waals surface area contributed by atoms with Gasteiger partial charge in [-0.05, 0) is 24.3 Å². The van der Waals surface area contributed by atoms with Crippen LogP contribution in [0.15, 0.2) is 30.3 Å². The van der Waals surface area contributed by atoms with E-state index in [2.05, 4.69) is 31.3 Å². The third-order valence-corrected chi connectivity index (χ3v) is 6.00. The van der Waals surface area contributed by atoms with E-state index in [1.54, 1.807) is 0 Å². The summed E-state index contributed by atoms with van der Waals surface area (Å²) in [6, 6.07) is 9.54. The molecule has 2 atom stereocenters. The van der Waals surface area contributed by atoms with Crippen LogP contribution in [0.25, 0.3) is 0 Å². The molecule has 2 rings (SSSR count). The minimum Gasteiger partial charge on any atom is -0.354 e. The SMILES string of the molecule is CC(C)C(CNC(=O)C1CCCCN1S(C)(=O)=O)c1ccccc1. The van der Waals surface area contributed by atoms with Gasteiger partial charge < -0.3 is 5.32 Å². The third kappa shape index (κ3) is 4.80. The molecule has 1 amide bonds. The molecule has 1 saturated heterocycles. The number of sulfonamides is 1.